The van der Waals surface area contributed by atoms with E-state index in [1.54, 1.807) is 36.4 Å². The Morgan fingerprint density at radius 3 is 2.39 bits per heavy atom. The highest BCUT2D eigenvalue weighted by Gasteiger charge is 2.31. The van der Waals surface area contributed by atoms with Gasteiger partial charge in [-0.15, -0.1) is 0 Å². The smallest absolute Gasteiger partial charge is 0.255 e. The van der Waals surface area contributed by atoms with E-state index in [0.717, 1.165) is 16.9 Å². The molecule has 1 aliphatic rings. The molecular weight excluding hydrogens is 476 g/mol. The number of fused-ring (bicyclic) bond motifs is 1. The van der Waals surface area contributed by atoms with E-state index in [-0.39, 0.29) is 16.7 Å². The molecule has 3 aromatic carbocycles. The molecule has 2 heterocycles. The van der Waals surface area contributed by atoms with Gasteiger partial charge >= 0.3 is 0 Å². The van der Waals surface area contributed by atoms with Crippen molar-refractivity contribution >= 4 is 32.7 Å². The molecule has 1 aliphatic heterocycles. The number of benzene rings is 3. The molecule has 36 heavy (non-hydrogen) atoms. The number of piperidine rings is 1. The lowest BCUT2D eigenvalue weighted by molar-refractivity contribution is 0.102. The second-order valence-electron chi connectivity index (χ2n) is 8.75. The van der Waals surface area contributed by atoms with Crippen LogP contribution in [0.1, 0.15) is 41.9 Å². The number of ether oxygens (including phenoxy) is 1. The second kappa shape index (κ2) is 10.1. The van der Waals surface area contributed by atoms with Crippen molar-refractivity contribution in [3.8, 4) is 5.75 Å². The van der Waals surface area contributed by atoms with Crippen LogP contribution in [-0.4, -0.2) is 48.3 Å². The third-order valence-corrected chi connectivity index (χ3v) is 8.34. The monoisotopic (exact) mass is 504 g/mol. The Bertz CT molecular complexity index is 1420. The number of aromatic nitrogens is 2. The Labute approximate surface area is 210 Å². The van der Waals surface area contributed by atoms with Crippen LogP contribution < -0.4 is 10.1 Å². The number of anilines is 1. The largest absolute Gasteiger partial charge is 0.494 e. The van der Waals surface area contributed by atoms with Gasteiger partial charge in [0.15, 0.2) is 0 Å². The standard InChI is InChI=1S/C27H28N4O4S/c1-2-35-22-11-7-20(8-12-22)27(32)28-21-9-13-23(14-10-21)36(33,34)31-17-15-19(16-18-31)26-29-24-5-3-4-6-25(24)30-26/h3-14,19H,2,15-18H2,1H3,(H,28,32)(H,29,30). The van der Waals surface area contributed by atoms with Crippen LogP contribution in [0.5, 0.6) is 5.75 Å². The lowest BCUT2D eigenvalue weighted by Gasteiger charge is -2.30. The summed E-state index contributed by atoms with van der Waals surface area (Å²) in [6.45, 7) is 3.32. The topological polar surface area (TPSA) is 104 Å². The van der Waals surface area contributed by atoms with Crippen molar-refractivity contribution in [1.82, 2.24) is 14.3 Å². The molecule has 0 radical (unpaired) electrons. The van der Waals surface area contributed by atoms with Gasteiger partial charge in [-0.1, -0.05) is 12.1 Å². The minimum absolute atomic E-state index is 0.198. The molecule has 0 saturated carbocycles. The zero-order chi connectivity index (χ0) is 25.1. The van der Waals surface area contributed by atoms with E-state index in [0.29, 0.717) is 49.5 Å². The molecule has 2 N–H and O–H groups in total. The number of carbonyl (C=O) groups is 1. The third kappa shape index (κ3) is 4.98. The summed E-state index contributed by atoms with van der Waals surface area (Å²) < 4.78 is 33.4. The number of H-pyrrole nitrogens is 1. The Balaban J connectivity index is 1.20. The summed E-state index contributed by atoms with van der Waals surface area (Å²) in [7, 11) is -3.62. The minimum Gasteiger partial charge on any atom is -0.494 e. The minimum atomic E-state index is -3.62. The number of imidazole rings is 1. The second-order valence-corrected chi connectivity index (χ2v) is 10.7. The molecular formula is C27H28N4O4S. The zero-order valence-corrected chi connectivity index (χ0v) is 20.8. The van der Waals surface area contributed by atoms with Gasteiger partial charge in [-0.25, -0.2) is 13.4 Å². The van der Waals surface area contributed by atoms with Crippen molar-refractivity contribution in [3.63, 3.8) is 0 Å². The summed E-state index contributed by atoms with van der Waals surface area (Å²) in [5.41, 5.74) is 2.94. The number of nitrogens with one attached hydrogen (secondary N) is 2. The molecule has 1 aromatic heterocycles. The molecule has 186 valence electrons. The average Bonchev–Trinajstić information content (AvgIpc) is 3.34. The van der Waals surface area contributed by atoms with E-state index in [2.05, 4.69) is 15.3 Å². The van der Waals surface area contributed by atoms with Crippen LogP contribution >= 0.6 is 0 Å². The van der Waals surface area contributed by atoms with Crippen LogP contribution in [0.2, 0.25) is 0 Å². The Morgan fingerprint density at radius 1 is 1.03 bits per heavy atom. The maximum atomic E-state index is 13.2. The van der Waals surface area contributed by atoms with Gasteiger partial charge in [-0.2, -0.15) is 4.31 Å². The van der Waals surface area contributed by atoms with E-state index < -0.39 is 10.0 Å². The lowest BCUT2D eigenvalue weighted by atomic mass is 9.97. The maximum Gasteiger partial charge on any atom is 0.255 e. The van der Waals surface area contributed by atoms with E-state index in [4.69, 9.17) is 4.74 Å². The number of para-hydroxylation sites is 2. The van der Waals surface area contributed by atoms with E-state index in [1.165, 1.54) is 16.4 Å². The number of carbonyl (C=O) groups excluding carboxylic acids is 1. The number of hydrogen-bond acceptors (Lipinski definition) is 5. The number of amides is 1. The number of nitrogens with zero attached hydrogens (tertiary/aromatic N) is 2. The lowest BCUT2D eigenvalue weighted by Crippen LogP contribution is -2.38. The molecule has 0 bridgehead atoms. The average molecular weight is 505 g/mol. The molecule has 4 aromatic rings. The van der Waals surface area contributed by atoms with E-state index in [9.17, 15) is 13.2 Å². The highest BCUT2D eigenvalue weighted by atomic mass is 32.2. The van der Waals surface area contributed by atoms with Crippen molar-refractivity contribution in [2.75, 3.05) is 25.0 Å². The van der Waals surface area contributed by atoms with Crippen molar-refractivity contribution < 1.29 is 17.9 Å². The first kappa shape index (κ1) is 24.0. The van der Waals surface area contributed by atoms with Crippen LogP contribution in [-0.2, 0) is 10.0 Å². The first-order valence-corrected chi connectivity index (χ1v) is 13.5. The molecule has 8 nitrogen and oxygen atoms in total. The van der Waals surface area contributed by atoms with Gasteiger partial charge in [0, 0.05) is 30.3 Å². The molecule has 0 spiro atoms. The summed E-state index contributed by atoms with van der Waals surface area (Å²) in [5.74, 6) is 1.54. The van der Waals surface area contributed by atoms with Gasteiger partial charge in [0.2, 0.25) is 10.0 Å². The first-order valence-electron chi connectivity index (χ1n) is 12.0. The summed E-state index contributed by atoms with van der Waals surface area (Å²) in [5, 5.41) is 2.80. The molecule has 5 rings (SSSR count). The fourth-order valence-electron chi connectivity index (χ4n) is 4.47. The van der Waals surface area contributed by atoms with Crippen LogP contribution in [0.3, 0.4) is 0 Å². The van der Waals surface area contributed by atoms with E-state index >= 15 is 0 Å². The van der Waals surface area contributed by atoms with Crippen molar-refractivity contribution in [2.45, 2.75) is 30.6 Å². The van der Waals surface area contributed by atoms with Gasteiger partial charge in [-0.3, -0.25) is 4.79 Å². The predicted molar refractivity (Wildman–Crippen MR) is 139 cm³/mol. The highest BCUT2D eigenvalue weighted by Crippen LogP contribution is 2.30. The fourth-order valence-corrected chi connectivity index (χ4v) is 5.94. The van der Waals surface area contributed by atoms with Gasteiger partial charge in [-0.05, 0) is 80.4 Å². The number of aromatic amines is 1. The molecule has 1 saturated heterocycles. The van der Waals surface area contributed by atoms with E-state index in [1.807, 2.05) is 31.2 Å². The molecule has 0 atom stereocenters. The first-order chi connectivity index (χ1) is 17.4. The van der Waals surface area contributed by atoms with Gasteiger partial charge < -0.3 is 15.0 Å². The van der Waals surface area contributed by atoms with Crippen molar-refractivity contribution in [3.05, 3.63) is 84.2 Å². The molecule has 9 heteroatoms. The number of rotatable bonds is 7. The highest BCUT2D eigenvalue weighted by molar-refractivity contribution is 7.89. The molecule has 1 amide bonds. The SMILES string of the molecule is CCOc1ccc(C(=O)Nc2ccc(S(=O)(=O)N3CCC(c4nc5ccccc5[nH]4)CC3)cc2)cc1. The number of sulfonamides is 1. The van der Waals surface area contributed by atoms with Crippen molar-refractivity contribution in [1.29, 1.82) is 0 Å². The molecule has 0 aliphatic carbocycles. The third-order valence-electron chi connectivity index (χ3n) is 6.43. The number of hydrogen-bond donors (Lipinski definition) is 2. The van der Waals surface area contributed by atoms with Crippen molar-refractivity contribution in [2.24, 2.45) is 0 Å². The summed E-state index contributed by atoms with van der Waals surface area (Å²) in [6.07, 6.45) is 1.41. The Morgan fingerprint density at radius 2 is 1.72 bits per heavy atom. The van der Waals surface area contributed by atoms with Crippen LogP contribution in [0, 0.1) is 0 Å². The fraction of sp³-hybridized carbons (Fsp3) is 0.259. The normalized spacial score (nSPS) is 15.1. The quantitative estimate of drug-likeness (QED) is 0.377. The summed E-state index contributed by atoms with van der Waals surface area (Å²) in [6, 6.07) is 21.0. The van der Waals surface area contributed by atoms with Crippen LogP contribution in [0.25, 0.3) is 11.0 Å². The van der Waals surface area contributed by atoms with Crippen LogP contribution in [0.4, 0.5) is 5.69 Å². The maximum absolute atomic E-state index is 13.2. The Hall–Kier alpha value is -3.69. The molecule has 1 fully saturated rings. The molecule has 0 unspecified atom stereocenters. The van der Waals surface area contributed by atoms with Gasteiger partial charge in [0.1, 0.15) is 11.6 Å². The van der Waals surface area contributed by atoms with Gasteiger partial charge in [0.25, 0.3) is 5.91 Å². The van der Waals surface area contributed by atoms with Gasteiger partial charge in [0.05, 0.1) is 22.5 Å². The Kier molecular flexibility index (Phi) is 6.75. The van der Waals surface area contributed by atoms with Crippen LogP contribution in [0.15, 0.2) is 77.7 Å². The summed E-state index contributed by atoms with van der Waals surface area (Å²) >= 11 is 0. The zero-order valence-electron chi connectivity index (χ0n) is 20.0. The predicted octanol–water partition coefficient (Wildman–Crippen LogP) is 4.78. The summed E-state index contributed by atoms with van der Waals surface area (Å²) in [4.78, 5) is 20.8.